The monoisotopic (exact) mass is 279 g/mol. The van der Waals surface area contributed by atoms with Gasteiger partial charge in [0.2, 0.25) is 0 Å². The second-order valence-corrected chi connectivity index (χ2v) is 4.69. The lowest BCUT2D eigenvalue weighted by atomic mass is 10.1. The van der Waals surface area contributed by atoms with Gasteiger partial charge in [-0.1, -0.05) is 12.2 Å². The molecule has 0 atom stereocenters. The highest BCUT2D eigenvalue weighted by Crippen LogP contribution is 2.17. The Hall–Kier alpha value is -2.15. The van der Waals surface area contributed by atoms with Gasteiger partial charge in [0.1, 0.15) is 0 Å². The van der Waals surface area contributed by atoms with Crippen molar-refractivity contribution in [2.75, 3.05) is 13.2 Å². The predicted molar refractivity (Wildman–Crippen MR) is 69.6 cm³/mol. The molecule has 7 heteroatoms. The van der Waals surface area contributed by atoms with Gasteiger partial charge in [-0.25, -0.2) is 4.79 Å². The summed E-state index contributed by atoms with van der Waals surface area (Å²) in [6.45, 7) is 4.28. The topological polar surface area (TPSA) is 95.5 Å². The van der Waals surface area contributed by atoms with Gasteiger partial charge in [-0.3, -0.25) is 9.89 Å². The van der Waals surface area contributed by atoms with Crippen LogP contribution < -0.4 is 0 Å². The fourth-order valence-corrected chi connectivity index (χ4v) is 1.95. The van der Waals surface area contributed by atoms with Crippen molar-refractivity contribution < 1.29 is 19.4 Å². The second kappa shape index (κ2) is 6.33. The molecule has 20 heavy (non-hydrogen) atoms. The Morgan fingerprint density at radius 2 is 2.30 bits per heavy atom. The van der Waals surface area contributed by atoms with E-state index in [4.69, 9.17) is 9.84 Å². The van der Waals surface area contributed by atoms with E-state index >= 15 is 0 Å². The molecule has 2 rings (SSSR count). The molecule has 108 valence electrons. The molecule has 1 aromatic rings. The fraction of sp³-hybridized carbons (Fsp3) is 0.462. The van der Waals surface area contributed by atoms with Crippen LogP contribution >= 0.6 is 0 Å². The number of esters is 1. The minimum Gasteiger partial charge on any atom is -0.392 e. The molecule has 1 aliphatic heterocycles. The van der Waals surface area contributed by atoms with Crippen molar-refractivity contribution in [3.05, 3.63) is 29.6 Å². The van der Waals surface area contributed by atoms with E-state index < -0.39 is 12.1 Å². The van der Waals surface area contributed by atoms with Gasteiger partial charge < -0.3 is 14.7 Å². The van der Waals surface area contributed by atoms with Crippen LogP contribution in [-0.4, -0.2) is 45.4 Å². The first-order chi connectivity index (χ1) is 9.60. The number of rotatable bonds is 4. The number of amides is 1. The van der Waals surface area contributed by atoms with E-state index in [-0.39, 0.29) is 13.0 Å². The first kappa shape index (κ1) is 14.3. The number of nitrogens with zero attached hydrogens (tertiary/aromatic N) is 2. The van der Waals surface area contributed by atoms with Gasteiger partial charge in [-0.2, -0.15) is 5.10 Å². The number of fused-ring (bicyclic) bond motifs is 1. The van der Waals surface area contributed by atoms with Crippen LogP contribution in [0, 0.1) is 0 Å². The number of H-pyrrole nitrogens is 1. The van der Waals surface area contributed by atoms with Crippen molar-refractivity contribution in [2.24, 2.45) is 0 Å². The maximum Gasteiger partial charge on any atom is 0.417 e. The maximum absolute atomic E-state index is 11.8. The predicted octanol–water partition coefficient (Wildman–Crippen LogP) is 0.760. The molecule has 2 N–H and O–H groups in total. The molecule has 0 unspecified atom stereocenters. The third-order valence-electron chi connectivity index (χ3n) is 3.17. The number of nitrogens with one attached hydrogen (secondary N) is 1. The quantitative estimate of drug-likeness (QED) is 0.482. The summed E-state index contributed by atoms with van der Waals surface area (Å²) >= 11 is 0. The molecule has 0 bridgehead atoms. The van der Waals surface area contributed by atoms with Crippen LogP contribution in [0.25, 0.3) is 0 Å². The number of aromatic nitrogens is 2. The minimum atomic E-state index is -0.642. The maximum atomic E-state index is 11.8. The average molecular weight is 279 g/mol. The number of aliphatic hydroxyl groups is 1. The summed E-state index contributed by atoms with van der Waals surface area (Å²) in [7, 11) is 0. The van der Waals surface area contributed by atoms with Crippen molar-refractivity contribution in [1.29, 1.82) is 0 Å². The van der Waals surface area contributed by atoms with E-state index in [1.165, 1.54) is 4.90 Å². The van der Waals surface area contributed by atoms with Gasteiger partial charge in [-0.05, 0) is 6.42 Å². The fourth-order valence-electron chi connectivity index (χ4n) is 1.95. The number of carbonyl (C=O) groups excluding carboxylic acids is 2. The summed E-state index contributed by atoms with van der Waals surface area (Å²) in [4.78, 5) is 24.8. The lowest BCUT2D eigenvalue weighted by molar-refractivity contribution is -0.138. The van der Waals surface area contributed by atoms with Crippen LogP contribution in [0.1, 0.15) is 24.1 Å². The highest BCUT2D eigenvalue weighted by atomic mass is 16.6. The van der Waals surface area contributed by atoms with Crippen LogP contribution in [0.4, 0.5) is 4.79 Å². The van der Waals surface area contributed by atoms with Gasteiger partial charge >= 0.3 is 12.1 Å². The zero-order valence-electron chi connectivity index (χ0n) is 11.1. The second-order valence-electron chi connectivity index (χ2n) is 4.69. The van der Waals surface area contributed by atoms with Crippen LogP contribution in [0.2, 0.25) is 0 Å². The minimum absolute atomic E-state index is 0.0376. The van der Waals surface area contributed by atoms with Crippen LogP contribution in [0.3, 0.4) is 0 Å². The van der Waals surface area contributed by atoms with Gasteiger partial charge in [0, 0.05) is 30.6 Å². The zero-order chi connectivity index (χ0) is 14.5. The molecule has 2 heterocycles. The highest BCUT2D eigenvalue weighted by molar-refractivity contribution is 5.84. The van der Waals surface area contributed by atoms with Gasteiger partial charge in [0.25, 0.3) is 0 Å². The SMILES string of the molecule is C=C(CO)CCC(=O)OC(=O)N1CCc2[nH]ncc2C1. The van der Waals surface area contributed by atoms with Gasteiger partial charge in [0.15, 0.2) is 0 Å². The smallest absolute Gasteiger partial charge is 0.392 e. The first-order valence-corrected chi connectivity index (χ1v) is 6.38. The Bertz CT molecular complexity index is 523. The summed E-state index contributed by atoms with van der Waals surface area (Å²) in [5.74, 6) is -0.609. The Kier molecular flexibility index (Phi) is 4.52. The lowest BCUT2D eigenvalue weighted by Gasteiger charge is -2.25. The summed E-state index contributed by atoms with van der Waals surface area (Å²) < 4.78 is 4.77. The lowest BCUT2D eigenvalue weighted by Crippen LogP contribution is -2.37. The molecular formula is C13H17N3O4. The number of aromatic amines is 1. The zero-order valence-corrected chi connectivity index (χ0v) is 11.1. The van der Waals surface area contributed by atoms with Gasteiger partial charge in [0.05, 0.1) is 19.3 Å². The van der Waals surface area contributed by atoms with Crippen LogP contribution in [-0.2, 0) is 22.5 Å². The third kappa shape index (κ3) is 3.45. The van der Waals surface area contributed by atoms with E-state index in [2.05, 4.69) is 16.8 Å². The summed E-state index contributed by atoms with van der Waals surface area (Å²) in [5, 5.41) is 15.6. The summed E-state index contributed by atoms with van der Waals surface area (Å²) in [6.07, 6.45) is 2.04. The summed E-state index contributed by atoms with van der Waals surface area (Å²) in [5.41, 5.74) is 2.49. The Balaban J connectivity index is 1.81. The van der Waals surface area contributed by atoms with Crippen molar-refractivity contribution in [1.82, 2.24) is 15.1 Å². The molecule has 1 aliphatic rings. The molecule has 0 fully saturated rings. The van der Waals surface area contributed by atoms with Crippen molar-refractivity contribution in [3.63, 3.8) is 0 Å². The van der Waals surface area contributed by atoms with E-state index in [1.807, 2.05) is 0 Å². The van der Waals surface area contributed by atoms with Crippen LogP contribution in [0.5, 0.6) is 0 Å². The van der Waals surface area contributed by atoms with Gasteiger partial charge in [-0.15, -0.1) is 0 Å². The van der Waals surface area contributed by atoms with E-state index in [1.54, 1.807) is 6.20 Å². The number of hydrogen-bond donors (Lipinski definition) is 2. The Morgan fingerprint density at radius 3 is 3.05 bits per heavy atom. The average Bonchev–Trinajstić information content (AvgIpc) is 2.91. The molecule has 0 saturated heterocycles. The number of hydrogen-bond acceptors (Lipinski definition) is 5. The van der Waals surface area contributed by atoms with E-state index in [0.29, 0.717) is 31.5 Å². The standard InChI is InChI=1S/C13H17N3O4/c1-9(8-17)2-3-12(18)20-13(19)16-5-4-11-10(7-16)6-14-15-11/h6,17H,1-5,7-8H2,(H,14,15). The number of aliphatic hydroxyl groups excluding tert-OH is 1. The number of ether oxygens (including phenoxy) is 1. The molecule has 0 saturated carbocycles. The van der Waals surface area contributed by atoms with Crippen LogP contribution in [0.15, 0.2) is 18.3 Å². The Morgan fingerprint density at radius 1 is 1.50 bits per heavy atom. The van der Waals surface area contributed by atoms with Crippen molar-refractivity contribution in [3.8, 4) is 0 Å². The molecule has 1 amide bonds. The summed E-state index contributed by atoms with van der Waals surface area (Å²) in [6, 6.07) is 0. The molecule has 1 aromatic heterocycles. The first-order valence-electron chi connectivity index (χ1n) is 6.38. The molecular weight excluding hydrogens is 262 g/mol. The normalized spacial score (nSPS) is 13.8. The van der Waals surface area contributed by atoms with Crippen molar-refractivity contribution >= 4 is 12.1 Å². The van der Waals surface area contributed by atoms with E-state index in [9.17, 15) is 9.59 Å². The molecule has 0 aromatic carbocycles. The Labute approximate surface area is 116 Å². The molecule has 7 nitrogen and oxygen atoms in total. The highest BCUT2D eigenvalue weighted by Gasteiger charge is 2.24. The molecule has 0 aliphatic carbocycles. The van der Waals surface area contributed by atoms with Crippen molar-refractivity contribution in [2.45, 2.75) is 25.8 Å². The third-order valence-corrected chi connectivity index (χ3v) is 3.17. The largest absolute Gasteiger partial charge is 0.417 e. The molecule has 0 spiro atoms. The molecule has 0 radical (unpaired) electrons. The number of carbonyl (C=O) groups is 2. The van der Waals surface area contributed by atoms with E-state index in [0.717, 1.165) is 11.3 Å².